The molecule has 1 aliphatic rings. The Morgan fingerprint density at radius 2 is 2.33 bits per heavy atom. The molecular formula is C13H20O2. The van der Waals surface area contributed by atoms with Gasteiger partial charge in [0.1, 0.15) is 6.10 Å². The molecule has 0 aromatic rings. The van der Waals surface area contributed by atoms with Crippen molar-refractivity contribution in [2.45, 2.75) is 46.1 Å². The first-order valence-corrected chi connectivity index (χ1v) is 5.56. The largest absolute Gasteiger partial charge is 0.458 e. The summed E-state index contributed by atoms with van der Waals surface area (Å²) in [5.74, 6) is 0.346. The van der Waals surface area contributed by atoms with Crippen molar-refractivity contribution in [1.29, 1.82) is 0 Å². The van der Waals surface area contributed by atoms with E-state index in [0.717, 1.165) is 12.8 Å². The van der Waals surface area contributed by atoms with Gasteiger partial charge in [0.25, 0.3) is 0 Å². The van der Waals surface area contributed by atoms with E-state index in [-0.39, 0.29) is 12.1 Å². The molecule has 0 unspecified atom stereocenters. The van der Waals surface area contributed by atoms with Gasteiger partial charge in [-0.1, -0.05) is 25.2 Å². The molecule has 84 valence electrons. The molecule has 0 N–H and O–H groups in total. The summed E-state index contributed by atoms with van der Waals surface area (Å²) < 4.78 is 5.38. The molecule has 0 spiro atoms. The summed E-state index contributed by atoms with van der Waals surface area (Å²) in [5.41, 5.74) is 2.35. The first kappa shape index (κ1) is 12.0. The van der Waals surface area contributed by atoms with E-state index in [0.29, 0.717) is 12.3 Å². The predicted molar refractivity (Wildman–Crippen MR) is 61.5 cm³/mol. The van der Waals surface area contributed by atoms with Gasteiger partial charge in [-0.15, -0.1) is 0 Å². The maximum absolute atomic E-state index is 11.2. The zero-order chi connectivity index (χ0) is 11.4. The third-order valence-corrected chi connectivity index (χ3v) is 2.99. The second-order valence-corrected chi connectivity index (χ2v) is 4.29. The lowest BCUT2D eigenvalue weighted by Crippen LogP contribution is -2.25. The van der Waals surface area contributed by atoms with E-state index in [2.05, 4.69) is 12.7 Å². The van der Waals surface area contributed by atoms with E-state index in [1.165, 1.54) is 11.1 Å². The average molecular weight is 208 g/mol. The maximum Gasteiger partial charge on any atom is 0.306 e. The molecule has 0 radical (unpaired) electrons. The quantitative estimate of drug-likeness (QED) is 0.525. The summed E-state index contributed by atoms with van der Waals surface area (Å²) in [5, 5.41) is 0. The van der Waals surface area contributed by atoms with Crippen molar-refractivity contribution >= 4 is 5.97 Å². The number of carbonyl (C=O) groups excluding carboxylic acids is 1. The molecule has 2 heteroatoms. The molecule has 2 atom stereocenters. The van der Waals surface area contributed by atoms with Crippen LogP contribution in [0.2, 0.25) is 0 Å². The van der Waals surface area contributed by atoms with E-state index < -0.39 is 0 Å². The number of ether oxygens (including phenoxy) is 1. The number of carbonyl (C=O) groups is 1. The van der Waals surface area contributed by atoms with Crippen molar-refractivity contribution in [3.8, 4) is 0 Å². The van der Waals surface area contributed by atoms with Gasteiger partial charge in [0.2, 0.25) is 0 Å². The predicted octanol–water partition coefficient (Wildman–Crippen LogP) is 3.24. The van der Waals surface area contributed by atoms with Crippen LogP contribution in [0.25, 0.3) is 0 Å². The molecule has 0 aromatic heterocycles. The smallest absolute Gasteiger partial charge is 0.306 e. The van der Waals surface area contributed by atoms with Crippen LogP contribution in [0.3, 0.4) is 0 Å². The van der Waals surface area contributed by atoms with E-state index in [1.807, 2.05) is 20.8 Å². The Morgan fingerprint density at radius 1 is 1.67 bits per heavy atom. The van der Waals surface area contributed by atoms with Crippen LogP contribution in [0, 0.1) is 5.92 Å². The van der Waals surface area contributed by atoms with Crippen molar-refractivity contribution in [2.75, 3.05) is 0 Å². The van der Waals surface area contributed by atoms with Crippen LogP contribution < -0.4 is 0 Å². The number of allylic oxidation sites excluding steroid dienone is 2. The van der Waals surface area contributed by atoms with Crippen molar-refractivity contribution in [1.82, 2.24) is 0 Å². The van der Waals surface area contributed by atoms with Crippen LogP contribution in [0.5, 0.6) is 0 Å². The summed E-state index contributed by atoms with van der Waals surface area (Å²) in [4.78, 5) is 11.2. The number of hydrogen-bond acceptors (Lipinski definition) is 2. The zero-order valence-corrected chi connectivity index (χ0v) is 9.88. The Morgan fingerprint density at radius 3 is 2.87 bits per heavy atom. The highest BCUT2D eigenvalue weighted by molar-refractivity contribution is 5.69. The second-order valence-electron chi connectivity index (χ2n) is 4.29. The molecule has 0 saturated heterocycles. The molecule has 0 heterocycles. The van der Waals surface area contributed by atoms with Gasteiger partial charge in [-0.2, -0.15) is 0 Å². The van der Waals surface area contributed by atoms with Gasteiger partial charge in [-0.3, -0.25) is 4.79 Å². The Labute approximate surface area is 92.0 Å². The fourth-order valence-corrected chi connectivity index (χ4v) is 1.79. The standard InChI is InChI=1S/C13H20O2/c1-5-13(14)15-12-8-11(9(2)3)7-6-10(12)4/h6,11-12H,2,5,7-8H2,1,3-4H3/t11-,12-/m1/s1. The lowest BCUT2D eigenvalue weighted by molar-refractivity contribution is -0.147. The summed E-state index contributed by atoms with van der Waals surface area (Å²) in [6.07, 6.45) is 4.50. The van der Waals surface area contributed by atoms with Gasteiger partial charge in [0.05, 0.1) is 0 Å². The van der Waals surface area contributed by atoms with Crippen molar-refractivity contribution in [3.63, 3.8) is 0 Å². The number of hydrogen-bond donors (Lipinski definition) is 0. The van der Waals surface area contributed by atoms with Crippen LogP contribution in [-0.4, -0.2) is 12.1 Å². The highest BCUT2D eigenvalue weighted by atomic mass is 16.5. The Balaban J connectivity index is 2.63. The van der Waals surface area contributed by atoms with E-state index >= 15 is 0 Å². The van der Waals surface area contributed by atoms with Gasteiger partial charge >= 0.3 is 5.97 Å². The lowest BCUT2D eigenvalue weighted by atomic mass is 9.84. The molecule has 0 amide bonds. The third-order valence-electron chi connectivity index (χ3n) is 2.99. The molecule has 0 aliphatic heterocycles. The second kappa shape index (κ2) is 5.15. The summed E-state index contributed by atoms with van der Waals surface area (Å²) >= 11 is 0. The van der Waals surface area contributed by atoms with E-state index in [9.17, 15) is 4.79 Å². The van der Waals surface area contributed by atoms with Crippen LogP contribution in [0.15, 0.2) is 23.8 Å². The van der Waals surface area contributed by atoms with Gasteiger partial charge in [-0.05, 0) is 38.2 Å². The first-order chi connectivity index (χ1) is 7.04. The van der Waals surface area contributed by atoms with E-state index in [4.69, 9.17) is 4.74 Å². The number of rotatable bonds is 3. The molecular weight excluding hydrogens is 188 g/mol. The van der Waals surface area contributed by atoms with Crippen LogP contribution in [0.4, 0.5) is 0 Å². The number of esters is 1. The van der Waals surface area contributed by atoms with Gasteiger partial charge in [0.15, 0.2) is 0 Å². The average Bonchev–Trinajstić information content (AvgIpc) is 2.20. The van der Waals surface area contributed by atoms with Crippen LogP contribution >= 0.6 is 0 Å². The highest BCUT2D eigenvalue weighted by Gasteiger charge is 2.24. The Bertz CT molecular complexity index is 289. The molecule has 1 rings (SSSR count). The summed E-state index contributed by atoms with van der Waals surface area (Å²) in [6.45, 7) is 9.86. The lowest BCUT2D eigenvalue weighted by Gasteiger charge is -2.28. The minimum atomic E-state index is -0.116. The molecule has 2 nitrogen and oxygen atoms in total. The highest BCUT2D eigenvalue weighted by Crippen LogP contribution is 2.30. The Hall–Kier alpha value is -1.05. The van der Waals surface area contributed by atoms with Gasteiger partial charge < -0.3 is 4.74 Å². The zero-order valence-electron chi connectivity index (χ0n) is 9.88. The molecule has 15 heavy (non-hydrogen) atoms. The van der Waals surface area contributed by atoms with Crippen molar-refractivity contribution in [2.24, 2.45) is 5.92 Å². The SMILES string of the molecule is C=C(C)[C@@H]1CC=C(C)[C@H](OC(=O)CC)C1. The maximum atomic E-state index is 11.2. The fourth-order valence-electron chi connectivity index (χ4n) is 1.79. The first-order valence-electron chi connectivity index (χ1n) is 5.56. The molecule has 0 fully saturated rings. The normalized spacial score (nSPS) is 25.7. The summed E-state index contributed by atoms with van der Waals surface area (Å²) in [6, 6.07) is 0. The molecule has 0 saturated carbocycles. The van der Waals surface area contributed by atoms with Crippen LogP contribution in [0.1, 0.15) is 40.0 Å². The van der Waals surface area contributed by atoms with Crippen molar-refractivity contribution in [3.05, 3.63) is 23.8 Å². The topological polar surface area (TPSA) is 26.3 Å². The van der Waals surface area contributed by atoms with Gasteiger partial charge in [-0.25, -0.2) is 0 Å². The fraction of sp³-hybridized carbons (Fsp3) is 0.615. The molecule has 0 bridgehead atoms. The third kappa shape index (κ3) is 3.22. The van der Waals surface area contributed by atoms with E-state index in [1.54, 1.807) is 0 Å². The molecule has 1 aliphatic carbocycles. The van der Waals surface area contributed by atoms with Gasteiger partial charge in [0, 0.05) is 6.42 Å². The van der Waals surface area contributed by atoms with Crippen LogP contribution in [-0.2, 0) is 9.53 Å². The monoisotopic (exact) mass is 208 g/mol. The minimum absolute atomic E-state index is 0.0344. The minimum Gasteiger partial charge on any atom is -0.458 e. The molecule has 0 aromatic carbocycles. The summed E-state index contributed by atoms with van der Waals surface area (Å²) in [7, 11) is 0. The Kier molecular flexibility index (Phi) is 4.13. The van der Waals surface area contributed by atoms with Crippen molar-refractivity contribution < 1.29 is 9.53 Å².